The number of hydrogen-bond donors (Lipinski definition) is 1. The summed E-state index contributed by atoms with van der Waals surface area (Å²) in [5.74, 6) is 0. The highest BCUT2D eigenvalue weighted by molar-refractivity contribution is 5.85. The van der Waals surface area contributed by atoms with Crippen LogP contribution in [0.1, 0.15) is 0 Å². The number of H-pyrrole nitrogens is 1. The summed E-state index contributed by atoms with van der Waals surface area (Å²) in [7, 11) is 0. The van der Waals surface area contributed by atoms with Crippen LogP contribution in [0.15, 0.2) is 41.3 Å². The quantitative estimate of drug-likeness (QED) is 0.679. The van der Waals surface area contributed by atoms with E-state index in [0.29, 0.717) is 0 Å². The Morgan fingerprint density at radius 3 is 2.46 bits per heavy atom. The highest BCUT2D eigenvalue weighted by Crippen LogP contribution is 2.05. The van der Waals surface area contributed by atoms with E-state index in [1.54, 1.807) is 6.20 Å². The maximum atomic E-state index is 11.1. The summed E-state index contributed by atoms with van der Waals surface area (Å²) in [5.41, 5.74) is -0.0249. The van der Waals surface area contributed by atoms with Crippen molar-refractivity contribution in [2.45, 2.75) is 0 Å². The zero-order valence-corrected chi connectivity index (χ0v) is 7.60. The molecule has 2 rings (SSSR count). The number of aromatic amines is 1. The van der Waals surface area contributed by atoms with Crippen molar-refractivity contribution in [1.82, 2.24) is 4.98 Å². The molecule has 0 aliphatic heterocycles. The lowest BCUT2D eigenvalue weighted by atomic mass is 10.2. The zero-order chi connectivity index (χ0) is 7.68. The fourth-order valence-electron chi connectivity index (χ4n) is 1.13. The van der Waals surface area contributed by atoms with Gasteiger partial charge in [-0.1, -0.05) is 18.2 Å². The topological polar surface area (TPSA) is 64.4 Å². The van der Waals surface area contributed by atoms with E-state index < -0.39 is 0 Å². The second-order valence-corrected chi connectivity index (χ2v) is 2.39. The van der Waals surface area contributed by atoms with Crippen LogP contribution in [0.2, 0.25) is 0 Å². The largest absolute Gasteiger partial charge is 0.412 e. The third-order valence-corrected chi connectivity index (χ3v) is 1.68. The highest BCUT2D eigenvalue weighted by Gasteiger charge is 1.92. The Kier molecular flexibility index (Phi) is 4.17. The van der Waals surface area contributed by atoms with Crippen LogP contribution < -0.4 is 5.56 Å². The van der Waals surface area contributed by atoms with Gasteiger partial charge >= 0.3 is 0 Å². The molecule has 13 heavy (non-hydrogen) atoms. The first-order valence-corrected chi connectivity index (χ1v) is 3.44. The highest BCUT2D eigenvalue weighted by atomic mass is 35.5. The van der Waals surface area contributed by atoms with Crippen LogP contribution in [0, 0.1) is 0 Å². The van der Waals surface area contributed by atoms with E-state index in [2.05, 4.69) is 4.98 Å². The minimum Gasteiger partial charge on any atom is -0.412 e. The van der Waals surface area contributed by atoms with Gasteiger partial charge in [0.1, 0.15) is 0 Å². The van der Waals surface area contributed by atoms with Gasteiger partial charge < -0.3 is 10.5 Å². The van der Waals surface area contributed by atoms with Crippen molar-refractivity contribution in [2.75, 3.05) is 0 Å². The molecule has 1 aromatic heterocycles. The smallest absolute Gasteiger partial charge is 0.255 e. The Labute approximate surface area is 81.1 Å². The van der Waals surface area contributed by atoms with Crippen molar-refractivity contribution in [3.63, 3.8) is 0 Å². The molecular weight excluding hydrogens is 190 g/mol. The lowest BCUT2D eigenvalue weighted by Gasteiger charge is -1.92. The van der Waals surface area contributed by atoms with E-state index in [4.69, 9.17) is 0 Å². The monoisotopic (exact) mass is 199 g/mol. The second kappa shape index (κ2) is 4.64. The van der Waals surface area contributed by atoms with Crippen molar-refractivity contribution in [2.24, 2.45) is 0 Å². The van der Waals surface area contributed by atoms with Crippen LogP contribution >= 0.6 is 12.4 Å². The zero-order valence-electron chi connectivity index (χ0n) is 6.78. The Morgan fingerprint density at radius 2 is 1.77 bits per heavy atom. The van der Waals surface area contributed by atoms with Gasteiger partial charge in [-0.3, -0.25) is 4.79 Å². The van der Waals surface area contributed by atoms with Gasteiger partial charge in [-0.2, -0.15) is 0 Å². The number of nitrogens with one attached hydrogen (secondary N) is 1. The van der Waals surface area contributed by atoms with E-state index in [1.807, 2.05) is 30.3 Å². The van der Waals surface area contributed by atoms with Gasteiger partial charge in [-0.15, -0.1) is 12.4 Å². The third-order valence-electron chi connectivity index (χ3n) is 1.68. The van der Waals surface area contributed by atoms with Gasteiger partial charge in [0.05, 0.1) is 0 Å². The molecule has 3 N–H and O–H groups in total. The number of aromatic nitrogens is 1. The van der Waals surface area contributed by atoms with Crippen molar-refractivity contribution >= 4 is 23.2 Å². The van der Waals surface area contributed by atoms with Gasteiger partial charge in [-0.25, -0.2) is 0 Å². The molecule has 1 aromatic carbocycles. The minimum absolute atomic E-state index is 0. The van der Waals surface area contributed by atoms with Crippen LogP contribution in [-0.4, -0.2) is 10.5 Å². The first kappa shape index (κ1) is 11.7. The maximum absolute atomic E-state index is 11.1. The van der Waals surface area contributed by atoms with Crippen LogP contribution in [0.3, 0.4) is 0 Å². The van der Waals surface area contributed by atoms with E-state index in [9.17, 15) is 4.79 Å². The van der Waals surface area contributed by atoms with Crippen LogP contribution in [0.25, 0.3) is 10.8 Å². The summed E-state index contributed by atoms with van der Waals surface area (Å²) >= 11 is 0. The van der Waals surface area contributed by atoms with Crippen LogP contribution in [0.5, 0.6) is 0 Å². The Hall–Kier alpha value is -1.32. The fourth-order valence-corrected chi connectivity index (χ4v) is 1.13. The van der Waals surface area contributed by atoms with E-state index in [-0.39, 0.29) is 23.4 Å². The molecule has 0 atom stereocenters. The summed E-state index contributed by atoms with van der Waals surface area (Å²) in [6.45, 7) is 0. The van der Waals surface area contributed by atoms with Gasteiger partial charge in [0.2, 0.25) is 0 Å². The molecule has 0 amide bonds. The summed E-state index contributed by atoms with van der Waals surface area (Å²) in [6.07, 6.45) is 1.66. The molecule has 0 spiro atoms. The molecule has 0 aliphatic rings. The average molecular weight is 200 g/mol. The van der Waals surface area contributed by atoms with Crippen molar-refractivity contribution in [1.29, 1.82) is 0 Å². The number of benzene rings is 1. The van der Waals surface area contributed by atoms with E-state index in [1.165, 1.54) is 0 Å². The number of fused-ring (bicyclic) bond motifs is 1. The average Bonchev–Trinajstić information content (AvgIpc) is 2.06. The molecule has 1 heterocycles. The molecule has 0 unspecified atom stereocenters. The van der Waals surface area contributed by atoms with E-state index >= 15 is 0 Å². The summed E-state index contributed by atoms with van der Waals surface area (Å²) in [4.78, 5) is 13.7. The predicted molar refractivity (Wildman–Crippen MR) is 55.4 cm³/mol. The standard InChI is InChI=1S/C9H7NO.ClH.H2O/c11-9-8-4-2-1-3-7(8)5-6-10-9;;/h1-6H,(H,10,11);1H;1H2. The van der Waals surface area contributed by atoms with Gasteiger partial charge in [-0.05, 0) is 17.5 Å². The predicted octanol–water partition coefficient (Wildman–Crippen LogP) is 1.13. The molecule has 0 aliphatic carbocycles. The number of rotatable bonds is 0. The SMILES string of the molecule is Cl.O.O=c1[nH]ccc2ccccc12. The summed E-state index contributed by atoms with van der Waals surface area (Å²) in [6, 6.07) is 9.40. The molecule has 3 nitrogen and oxygen atoms in total. The third kappa shape index (κ3) is 2.08. The molecule has 70 valence electrons. The Morgan fingerprint density at radius 1 is 1.08 bits per heavy atom. The molecule has 2 aromatic rings. The van der Waals surface area contributed by atoms with Gasteiger partial charge in [0, 0.05) is 11.6 Å². The molecule has 0 bridgehead atoms. The fraction of sp³-hybridized carbons (Fsp3) is 0. The lowest BCUT2D eigenvalue weighted by molar-refractivity contribution is 0.824. The normalized spacial score (nSPS) is 8.62. The molecule has 0 fully saturated rings. The lowest BCUT2D eigenvalue weighted by Crippen LogP contribution is -2.03. The second-order valence-electron chi connectivity index (χ2n) is 2.39. The first-order valence-electron chi connectivity index (χ1n) is 3.44. The molecular formula is C9H10ClNO2. The van der Waals surface area contributed by atoms with Crippen LogP contribution in [-0.2, 0) is 0 Å². The molecule has 0 saturated carbocycles. The number of hydrogen-bond acceptors (Lipinski definition) is 1. The Bertz CT molecular complexity index is 433. The maximum Gasteiger partial charge on any atom is 0.255 e. The minimum atomic E-state index is -0.0249. The van der Waals surface area contributed by atoms with Crippen LogP contribution in [0.4, 0.5) is 0 Å². The number of pyridine rings is 1. The molecule has 4 heteroatoms. The van der Waals surface area contributed by atoms with Crippen molar-refractivity contribution in [3.8, 4) is 0 Å². The van der Waals surface area contributed by atoms with Crippen molar-refractivity contribution < 1.29 is 5.48 Å². The summed E-state index contributed by atoms with van der Waals surface area (Å²) in [5, 5.41) is 1.73. The van der Waals surface area contributed by atoms with Crippen molar-refractivity contribution in [3.05, 3.63) is 46.9 Å². The number of halogens is 1. The van der Waals surface area contributed by atoms with Gasteiger partial charge in [0.15, 0.2) is 0 Å². The molecule has 0 radical (unpaired) electrons. The Balaban J connectivity index is 0.000000720. The first-order chi connectivity index (χ1) is 5.38. The molecule has 0 saturated heterocycles. The summed E-state index contributed by atoms with van der Waals surface area (Å²) < 4.78 is 0. The van der Waals surface area contributed by atoms with Gasteiger partial charge in [0.25, 0.3) is 5.56 Å². The van der Waals surface area contributed by atoms with E-state index in [0.717, 1.165) is 10.8 Å².